The van der Waals surface area contributed by atoms with Gasteiger partial charge in [-0.25, -0.2) is 9.59 Å². The molecule has 0 saturated heterocycles. The second-order valence-corrected chi connectivity index (χ2v) is 4.79. The molecule has 0 aromatic carbocycles. The second kappa shape index (κ2) is 6.36. The SMILES string of the molecule is COC(=O)c1sccc1NC(=O)NC(=O)C(C)Cl. The fraction of sp³-hybridized carbons (Fsp3) is 0.300. The van der Waals surface area contributed by atoms with Gasteiger partial charge in [-0.3, -0.25) is 10.1 Å². The first-order chi connectivity index (χ1) is 8.45. The van der Waals surface area contributed by atoms with Gasteiger partial charge in [-0.1, -0.05) is 0 Å². The minimum Gasteiger partial charge on any atom is -0.465 e. The van der Waals surface area contributed by atoms with Crippen LogP contribution in [0.2, 0.25) is 0 Å². The maximum absolute atomic E-state index is 11.4. The van der Waals surface area contributed by atoms with E-state index >= 15 is 0 Å². The van der Waals surface area contributed by atoms with Crippen LogP contribution in [0.25, 0.3) is 0 Å². The number of carbonyl (C=O) groups excluding carboxylic acids is 3. The number of imide groups is 1. The smallest absolute Gasteiger partial charge is 0.350 e. The van der Waals surface area contributed by atoms with E-state index in [0.717, 1.165) is 11.3 Å². The van der Waals surface area contributed by atoms with Crippen LogP contribution in [-0.2, 0) is 9.53 Å². The van der Waals surface area contributed by atoms with Crippen LogP contribution in [-0.4, -0.2) is 30.4 Å². The third-order valence-electron chi connectivity index (χ3n) is 1.88. The molecule has 1 unspecified atom stereocenters. The first-order valence-corrected chi connectivity index (χ1v) is 6.19. The first kappa shape index (κ1) is 14.5. The highest BCUT2D eigenvalue weighted by molar-refractivity contribution is 7.12. The van der Waals surface area contributed by atoms with Crippen molar-refractivity contribution in [2.75, 3.05) is 12.4 Å². The van der Waals surface area contributed by atoms with Crippen LogP contribution < -0.4 is 10.6 Å². The standard InChI is InChI=1S/C10H11ClN2O4S/c1-5(11)8(14)13-10(16)12-6-3-4-18-7(6)9(15)17-2/h3-5H,1-2H3,(H2,12,13,14,16). The lowest BCUT2D eigenvalue weighted by Crippen LogP contribution is -2.38. The number of hydrogen-bond donors (Lipinski definition) is 2. The van der Waals surface area contributed by atoms with Crippen molar-refractivity contribution in [3.8, 4) is 0 Å². The topological polar surface area (TPSA) is 84.5 Å². The van der Waals surface area contributed by atoms with Crippen LogP contribution in [0, 0.1) is 0 Å². The predicted octanol–water partition coefficient (Wildman–Crippen LogP) is 1.81. The number of methoxy groups -OCH3 is 1. The zero-order valence-electron chi connectivity index (χ0n) is 9.65. The normalized spacial score (nSPS) is 11.5. The molecular weight excluding hydrogens is 280 g/mol. The molecule has 0 aliphatic carbocycles. The van der Waals surface area contributed by atoms with Crippen molar-refractivity contribution in [3.63, 3.8) is 0 Å². The lowest BCUT2D eigenvalue weighted by atomic mass is 10.4. The summed E-state index contributed by atoms with van der Waals surface area (Å²) in [6.07, 6.45) is 0. The Hall–Kier alpha value is -1.60. The Morgan fingerprint density at radius 1 is 1.44 bits per heavy atom. The number of nitrogens with one attached hydrogen (secondary N) is 2. The second-order valence-electron chi connectivity index (χ2n) is 3.21. The van der Waals surface area contributed by atoms with E-state index in [1.807, 2.05) is 5.32 Å². The summed E-state index contributed by atoms with van der Waals surface area (Å²) in [6, 6.07) is 0.779. The summed E-state index contributed by atoms with van der Waals surface area (Å²) in [5, 5.41) is 5.20. The van der Waals surface area contributed by atoms with Gasteiger partial charge in [0.05, 0.1) is 12.8 Å². The van der Waals surface area contributed by atoms with E-state index in [4.69, 9.17) is 11.6 Å². The maximum Gasteiger partial charge on any atom is 0.350 e. The minimum atomic E-state index is -0.821. The lowest BCUT2D eigenvalue weighted by Gasteiger charge is -2.07. The number of urea groups is 1. The van der Waals surface area contributed by atoms with Crippen molar-refractivity contribution in [3.05, 3.63) is 16.3 Å². The predicted molar refractivity (Wildman–Crippen MR) is 68.1 cm³/mol. The molecule has 0 fully saturated rings. The number of ether oxygens (including phenoxy) is 1. The van der Waals surface area contributed by atoms with Crippen LogP contribution in [0.15, 0.2) is 11.4 Å². The van der Waals surface area contributed by atoms with E-state index < -0.39 is 23.3 Å². The van der Waals surface area contributed by atoms with Gasteiger partial charge in [-0.05, 0) is 18.4 Å². The number of anilines is 1. The molecule has 0 saturated carbocycles. The summed E-state index contributed by atoms with van der Waals surface area (Å²) < 4.78 is 4.55. The van der Waals surface area contributed by atoms with Gasteiger partial charge in [0.25, 0.3) is 0 Å². The van der Waals surface area contributed by atoms with Gasteiger partial charge in [-0.2, -0.15) is 0 Å². The van der Waals surface area contributed by atoms with Crippen LogP contribution in [0.1, 0.15) is 16.6 Å². The van der Waals surface area contributed by atoms with Crippen LogP contribution in [0.4, 0.5) is 10.5 Å². The fourth-order valence-corrected chi connectivity index (χ4v) is 1.84. The highest BCUT2D eigenvalue weighted by Gasteiger charge is 2.17. The molecule has 1 atom stereocenters. The summed E-state index contributed by atoms with van der Waals surface area (Å²) in [6.45, 7) is 1.44. The first-order valence-electron chi connectivity index (χ1n) is 4.87. The van der Waals surface area contributed by atoms with Gasteiger partial charge < -0.3 is 10.1 Å². The molecule has 6 nitrogen and oxygen atoms in total. The number of alkyl halides is 1. The number of esters is 1. The Kier molecular flexibility index (Phi) is 5.11. The Morgan fingerprint density at radius 2 is 2.11 bits per heavy atom. The summed E-state index contributed by atoms with van der Waals surface area (Å²) in [4.78, 5) is 34.2. The van der Waals surface area contributed by atoms with Crippen molar-refractivity contribution in [2.45, 2.75) is 12.3 Å². The van der Waals surface area contributed by atoms with Crippen molar-refractivity contribution in [1.82, 2.24) is 5.32 Å². The molecule has 0 bridgehead atoms. The van der Waals surface area contributed by atoms with E-state index in [9.17, 15) is 14.4 Å². The van der Waals surface area contributed by atoms with E-state index in [-0.39, 0.29) is 10.6 Å². The quantitative estimate of drug-likeness (QED) is 0.657. The summed E-state index contributed by atoms with van der Waals surface area (Å²) >= 11 is 6.62. The number of amides is 3. The van der Waals surface area contributed by atoms with Crippen LogP contribution in [0.5, 0.6) is 0 Å². The van der Waals surface area contributed by atoms with Gasteiger partial charge in [0.1, 0.15) is 10.3 Å². The molecule has 1 heterocycles. The molecule has 0 aliphatic heterocycles. The Balaban J connectivity index is 2.68. The Bertz CT molecular complexity index is 472. The summed E-state index contributed by atoms with van der Waals surface area (Å²) in [5.41, 5.74) is 0.277. The van der Waals surface area contributed by atoms with Gasteiger partial charge >= 0.3 is 12.0 Å². The third kappa shape index (κ3) is 3.71. The molecule has 18 heavy (non-hydrogen) atoms. The number of halogens is 1. The molecule has 1 rings (SSSR count). The number of rotatable bonds is 3. The Morgan fingerprint density at radius 3 is 2.67 bits per heavy atom. The molecule has 1 aromatic rings. The van der Waals surface area contributed by atoms with Gasteiger partial charge in [0.2, 0.25) is 5.91 Å². The monoisotopic (exact) mass is 290 g/mol. The fourth-order valence-electron chi connectivity index (χ4n) is 1.02. The summed E-state index contributed by atoms with van der Waals surface area (Å²) in [5.74, 6) is -1.18. The van der Waals surface area contributed by atoms with E-state index in [1.54, 1.807) is 5.38 Å². The average molecular weight is 291 g/mol. The van der Waals surface area contributed by atoms with Crippen molar-refractivity contribution < 1.29 is 19.1 Å². The Labute approximate surface area is 112 Å². The van der Waals surface area contributed by atoms with Crippen LogP contribution in [0.3, 0.4) is 0 Å². The highest BCUT2D eigenvalue weighted by Crippen LogP contribution is 2.22. The van der Waals surface area contributed by atoms with E-state index in [1.165, 1.54) is 20.1 Å². The lowest BCUT2D eigenvalue weighted by molar-refractivity contribution is -0.119. The molecule has 8 heteroatoms. The molecule has 0 aliphatic rings. The van der Waals surface area contributed by atoms with E-state index in [2.05, 4.69) is 10.1 Å². The zero-order valence-corrected chi connectivity index (χ0v) is 11.2. The van der Waals surface area contributed by atoms with Crippen molar-refractivity contribution >= 4 is 46.5 Å². The van der Waals surface area contributed by atoms with Gasteiger partial charge in [-0.15, -0.1) is 22.9 Å². The molecule has 2 N–H and O–H groups in total. The number of hydrogen-bond acceptors (Lipinski definition) is 5. The average Bonchev–Trinajstić information content (AvgIpc) is 2.75. The molecular formula is C10H11ClN2O4S. The van der Waals surface area contributed by atoms with E-state index in [0.29, 0.717) is 0 Å². The van der Waals surface area contributed by atoms with Crippen molar-refractivity contribution in [2.24, 2.45) is 0 Å². The molecule has 3 amide bonds. The largest absolute Gasteiger partial charge is 0.465 e. The zero-order chi connectivity index (χ0) is 13.7. The summed E-state index contributed by atoms with van der Waals surface area (Å²) in [7, 11) is 1.24. The minimum absolute atomic E-state index is 0.249. The number of thiophene rings is 1. The maximum atomic E-state index is 11.4. The molecule has 0 radical (unpaired) electrons. The van der Waals surface area contributed by atoms with Crippen LogP contribution >= 0.6 is 22.9 Å². The molecule has 98 valence electrons. The van der Waals surface area contributed by atoms with Crippen molar-refractivity contribution in [1.29, 1.82) is 0 Å². The van der Waals surface area contributed by atoms with Gasteiger partial charge in [0, 0.05) is 0 Å². The van der Waals surface area contributed by atoms with Gasteiger partial charge in [0.15, 0.2) is 0 Å². The number of carbonyl (C=O) groups is 3. The highest BCUT2D eigenvalue weighted by atomic mass is 35.5. The third-order valence-corrected chi connectivity index (χ3v) is 2.97. The molecule has 0 spiro atoms. The molecule has 1 aromatic heterocycles.